The molecule has 3 aromatic heterocycles. The highest BCUT2D eigenvalue weighted by Gasteiger charge is 2.19. The van der Waals surface area contributed by atoms with Gasteiger partial charge in [-0.05, 0) is 37.1 Å². The van der Waals surface area contributed by atoms with Crippen molar-refractivity contribution >= 4 is 22.6 Å². The van der Waals surface area contributed by atoms with Crippen LogP contribution < -0.4 is 5.32 Å². The summed E-state index contributed by atoms with van der Waals surface area (Å²) < 4.78 is 21.0. The molecule has 4 rings (SSSR count). The van der Waals surface area contributed by atoms with Crippen LogP contribution in [0, 0.1) is 5.82 Å². The molecule has 3 aromatic rings. The maximum absolute atomic E-state index is 13.8. The summed E-state index contributed by atoms with van der Waals surface area (Å²) in [6.07, 6.45) is 9.67. The largest absolute Gasteiger partial charge is 0.463 e. The van der Waals surface area contributed by atoms with Gasteiger partial charge in [-0.15, -0.1) is 0 Å². The molecule has 1 amide bonds. The van der Waals surface area contributed by atoms with Gasteiger partial charge < -0.3 is 9.73 Å². The van der Waals surface area contributed by atoms with Crippen LogP contribution in [0.5, 0.6) is 0 Å². The number of pyridine rings is 1. The van der Waals surface area contributed by atoms with Gasteiger partial charge in [0.2, 0.25) is 0 Å². The Bertz CT molecular complexity index is 1070. The van der Waals surface area contributed by atoms with Gasteiger partial charge in [-0.2, -0.15) is 5.10 Å². The molecule has 1 aliphatic heterocycles. The highest BCUT2D eigenvalue weighted by Crippen LogP contribution is 2.37. The maximum Gasteiger partial charge on any atom is 0.259 e. The van der Waals surface area contributed by atoms with Gasteiger partial charge >= 0.3 is 0 Å². The van der Waals surface area contributed by atoms with Crippen LogP contribution in [0.15, 0.2) is 64.5 Å². The summed E-state index contributed by atoms with van der Waals surface area (Å²) in [5.74, 6) is -0.454. The third-order valence-electron chi connectivity index (χ3n) is 4.21. The van der Waals surface area contributed by atoms with E-state index in [9.17, 15) is 9.18 Å². The van der Waals surface area contributed by atoms with Crippen molar-refractivity contribution in [3.63, 3.8) is 0 Å². The number of thioether (sulfide) groups is 1. The number of halogens is 1. The minimum atomic E-state index is -0.648. The first-order valence-corrected chi connectivity index (χ1v) is 9.51. The summed E-state index contributed by atoms with van der Waals surface area (Å²) in [7, 11) is 1.86. The van der Waals surface area contributed by atoms with E-state index in [0.29, 0.717) is 10.8 Å². The molecule has 6 nitrogen and oxygen atoms in total. The second-order valence-corrected chi connectivity index (χ2v) is 7.23. The molecule has 8 heteroatoms. The molecule has 0 aromatic carbocycles. The molecule has 0 atom stereocenters. The second kappa shape index (κ2) is 7.85. The van der Waals surface area contributed by atoms with Crippen LogP contribution in [0.4, 0.5) is 4.39 Å². The highest BCUT2D eigenvalue weighted by molar-refractivity contribution is 8.11. The van der Waals surface area contributed by atoms with Gasteiger partial charge in [0.1, 0.15) is 5.69 Å². The molecule has 0 unspecified atom stereocenters. The van der Waals surface area contributed by atoms with Crippen molar-refractivity contribution in [1.82, 2.24) is 20.1 Å². The van der Waals surface area contributed by atoms with E-state index in [1.807, 2.05) is 31.3 Å². The lowest BCUT2D eigenvalue weighted by atomic mass is 10.2. The molecule has 4 heterocycles. The van der Waals surface area contributed by atoms with Crippen LogP contribution in [0.2, 0.25) is 0 Å². The minimum Gasteiger partial charge on any atom is -0.463 e. The number of hydrogen-bond acceptors (Lipinski definition) is 5. The van der Waals surface area contributed by atoms with E-state index >= 15 is 0 Å². The third kappa shape index (κ3) is 3.77. The van der Waals surface area contributed by atoms with Gasteiger partial charge in [0.25, 0.3) is 5.91 Å². The summed E-state index contributed by atoms with van der Waals surface area (Å²) in [5.41, 5.74) is 1.61. The third-order valence-corrected chi connectivity index (χ3v) is 5.29. The molecule has 0 bridgehead atoms. The van der Waals surface area contributed by atoms with Crippen LogP contribution >= 0.6 is 11.8 Å². The molecule has 0 radical (unpaired) electrons. The Hall–Kier alpha value is -3.13. The van der Waals surface area contributed by atoms with E-state index in [1.165, 1.54) is 24.0 Å². The Morgan fingerprint density at radius 2 is 2.18 bits per heavy atom. The fourth-order valence-corrected chi connectivity index (χ4v) is 3.92. The van der Waals surface area contributed by atoms with Crippen LogP contribution in [-0.4, -0.2) is 20.7 Å². The zero-order valence-electron chi connectivity index (χ0n) is 15.1. The maximum atomic E-state index is 13.8. The van der Waals surface area contributed by atoms with E-state index in [2.05, 4.69) is 21.5 Å². The highest BCUT2D eigenvalue weighted by atomic mass is 32.2. The fraction of sp³-hybridized carbons (Fsp3) is 0.150. The predicted molar refractivity (Wildman–Crippen MR) is 105 cm³/mol. The molecule has 1 N–H and O–H groups in total. The molecule has 0 fully saturated rings. The number of nitrogens with one attached hydrogen (secondary N) is 1. The molecule has 0 saturated carbocycles. The number of hydrogen-bond donors (Lipinski definition) is 1. The predicted octanol–water partition coefficient (Wildman–Crippen LogP) is 4.35. The van der Waals surface area contributed by atoms with Crippen molar-refractivity contribution in [2.24, 2.45) is 7.05 Å². The average Bonchev–Trinajstić information content (AvgIpc) is 3.28. The van der Waals surface area contributed by atoms with Crippen molar-refractivity contribution in [1.29, 1.82) is 0 Å². The monoisotopic (exact) mass is 396 g/mol. The van der Waals surface area contributed by atoms with E-state index < -0.39 is 11.7 Å². The van der Waals surface area contributed by atoms with Crippen LogP contribution in [-0.2, 0) is 7.05 Å². The van der Waals surface area contributed by atoms with Crippen LogP contribution in [0.25, 0.3) is 16.4 Å². The average molecular weight is 396 g/mol. The Morgan fingerprint density at radius 3 is 2.96 bits per heavy atom. The second-order valence-electron chi connectivity index (χ2n) is 6.14. The van der Waals surface area contributed by atoms with Crippen molar-refractivity contribution in [2.45, 2.75) is 12.8 Å². The Labute approximate surface area is 165 Å². The number of aromatic nitrogens is 3. The quantitative estimate of drug-likeness (QED) is 0.710. The minimum absolute atomic E-state index is 0.0353. The first-order chi connectivity index (χ1) is 13.6. The number of amides is 1. The lowest BCUT2D eigenvalue weighted by molar-refractivity contribution is 0.0964. The van der Waals surface area contributed by atoms with Gasteiger partial charge in [0.05, 0.1) is 28.7 Å². The number of aryl methyl sites for hydroxylation is 1. The number of carbonyl (C=O) groups excluding carboxylic acids is 1. The number of nitrogens with zero attached hydrogens (tertiary/aromatic N) is 3. The fourth-order valence-electron chi connectivity index (χ4n) is 2.85. The van der Waals surface area contributed by atoms with E-state index in [-0.39, 0.29) is 5.56 Å². The standard InChI is InChI=1S/C20H17FN4O2S/c1-25-16(11-15(24-25)17-5-4-10-27-17)18-6-2-3-7-19(28-18)23-20(26)13-8-9-22-12-14(13)21/h4-12H,2-3H2,1H3,(H,23,26). The zero-order valence-corrected chi connectivity index (χ0v) is 15.9. The van der Waals surface area contributed by atoms with Crippen molar-refractivity contribution in [3.05, 3.63) is 77.2 Å². The van der Waals surface area contributed by atoms with Crippen molar-refractivity contribution in [3.8, 4) is 11.5 Å². The molecule has 142 valence electrons. The zero-order chi connectivity index (χ0) is 19.5. The van der Waals surface area contributed by atoms with Crippen LogP contribution in [0.1, 0.15) is 28.9 Å². The Kier molecular flexibility index (Phi) is 5.12. The summed E-state index contributed by atoms with van der Waals surface area (Å²) in [6.45, 7) is 0. The van der Waals surface area contributed by atoms with Gasteiger partial charge in [-0.3, -0.25) is 14.5 Å². The molecular formula is C20H17FN4O2S. The molecule has 0 aliphatic carbocycles. The molecule has 1 aliphatic rings. The molecule has 0 saturated heterocycles. The van der Waals surface area contributed by atoms with Gasteiger partial charge in [-0.25, -0.2) is 4.39 Å². The lowest BCUT2D eigenvalue weighted by Gasteiger charge is -2.11. The summed E-state index contributed by atoms with van der Waals surface area (Å²) >= 11 is 1.42. The normalized spacial score (nSPS) is 14.2. The van der Waals surface area contributed by atoms with E-state index in [4.69, 9.17) is 4.42 Å². The Balaban J connectivity index is 1.55. The van der Waals surface area contributed by atoms with Crippen LogP contribution in [0.3, 0.4) is 0 Å². The first-order valence-electron chi connectivity index (χ1n) is 8.69. The lowest BCUT2D eigenvalue weighted by Crippen LogP contribution is -2.22. The van der Waals surface area contributed by atoms with Gasteiger partial charge in [0, 0.05) is 18.1 Å². The SMILES string of the molecule is Cn1nc(-c2ccco2)cc1C1=CCCC=C(NC(=O)c2ccncc2F)S1. The van der Waals surface area contributed by atoms with E-state index in [0.717, 1.165) is 35.3 Å². The summed E-state index contributed by atoms with van der Waals surface area (Å²) in [6, 6.07) is 6.98. The number of rotatable bonds is 4. The number of furan rings is 1. The van der Waals surface area contributed by atoms with Gasteiger partial charge in [-0.1, -0.05) is 23.9 Å². The molecule has 28 heavy (non-hydrogen) atoms. The first kappa shape index (κ1) is 18.2. The van der Waals surface area contributed by atoms with Gasteiger partial charge in [0.15, 0.2) is 11.6 Å². The molecular weight excluding hydrogens is 379 g/mol. The molecule has 0 spiro atoms. The van der Waals surface area contributed by atoms with E-state index in [1.54, 1.807) is 10.9 Å². The summed E-state index contributed by atoms with van der Waals surface area (Å²) in [5, 5.41) is 7.97. The van der Waals surface area contributed by atoms with Crippen molar-refractivity contribution < 1.29 is 13.6 Å². The summed E-state index contributed by atoms with van der Waals surface area (Å²) in [4.78, 5) is 17.1. The number of carbonyl (C=O) groups is 1. The smallest absolute Gasteiger partial charge is 0.259 e. The topological polar surface area (TPSA) is 73.0 Å². The Morgan fingerprint density at radius 1 is 1.32 bits per heavy atom. The number of allylic oxidation sites excluding steroid dienone is 2. The van der Waals surface area contributed by atoms with Crippen molar-refractivity contribution in [2.75, 3.05) is 0 Å².